The number of hydrogen-bond acceptors (Lipinski definition) is 1. The lowest BCUT2D eigenvalue weighted by Crippen LogP contribution is -2.21. The summed E-state index contributed by atoms with van der Waals surface area (Å²) in [6, 6.07) is 1.24. The standard InChI is InChI=1S/C10H17I2NOSi/c1-15(2,3)5-4-14-8-13-6-9(11)10(12)7-13/h6-7H,4-5,8H2,1-3H3. The van der Waals surface area contributed by atoms with Crippen LogP contribution < -0.4 is 0 Å². The maximum atomic E-state index is 5.66. The molecule has 0 spiro atoms. The van der Waals surface area contributed by atoms with Gasteiger partial charge in [0.05, 0.1) is 0 Å². The lowest BCUT2D eigenvalue weighted by Gasteiger charge is -2.15. The predicted octanol–water partition coefficient (Wildman–Crippen LogP) is 4.01. The molecule has 0 bridgehead atoms. The minimum atomic E-state index is -0.938. The monoisotopic (exact) mass is 449 g/mol. The highest BCUT2D eigenvalue weighted by Crippen LogP contribution is 2.15. The van der Waals surface area contributed by atoms with Crippen LogP contribution in [-0.4, -0.2) is 19.2 Å². The molecule has 0 saturated heterocycles. The Bertz CT molecular complexity index is 300. The first-order valence-corrected chi connectivity index (χ1v) is 10.8. The van der Waals surface area contributed by atoms with Crippen LogP contribution in [0.25, 0.3) is 0 Å². The SMILES string of the molecule is C[Si](C)(C)CCOCn1cc(I)c(I)c1. The van der Waals surface area contributed by atoms with Gasteiger partial charge in [0.15, 0.2) is 0 Å². The normalized spacial score (nSPS) is 12.1. The summed E-state index contributed by atoms with van der Waals surface area (Å²) < 4.78 is 10.3. The van der Waals surface area contributed by atoms with Crippen molar-refractivity contribution in [2.75, 3.05) is 6.61 Å². The molecular formula is C10H17I2NOSi. The summed E-state index contributed by atoms with van der Waals surface area (Å²) in [5, 5.41) is 0. The smallest absolute Gasteiger partial charge is 0.122 e. The van der Waals surface area contributed by atoms with Gasteiger partial charge in [0, 0.05) is 34.2 Å². The van der Waals surface area contributed by atoms with Gasteiger partial charge in [-0.15, -0.1) is 0 Å². The number of halogens is 2. The van der Waals surface area contributed by atoms with E-state index in [1.54, 1.807) is 0 Å². The van der Waals surface area contributed by atoms with Crippen molar-refractivity contribution >= 4 is 53.3 Å². The third-order valence-corrected chi connectivity index (χ3v) is 6.48. The highest BCUT2D eigenvalue weighted by molar-refractivity contribution is 14.1. The summed E-state index contributed by atoms with van der Waals surface area (Å²) in [6.45, 7) is 8.69. The zero-order valence-corrected chi connectivity index (χ0v) is 14.7. The van der Waals surface area contributed by atoms with Crippen molar-refractivity contribution in [3.8, 4) is 0 Å². The zero-order chi connectivity index (χ0) is 11.5. The molecule has 0 radical (unpaired) electrons. The molecule has 0 N–H and O–H groups in total. The maximum Gasteiger partial charge on any atom is 0.122 e. The number of hydrogen-bond donors (Lipinski definition) is 0. The van der Waals surface area contributed by atoms with Crippen molar-refractivity contribution in [1.29, 1.82) is 0 Å². The van der Waals surface area contributed by atoms with Gasteiger partial charge >= 0.3 is 0 Å². The molecule has 0 aliphatic heterocycles. The molecule has 15 heavy (non-hydrogen) atoms. The molecule has 1 rings (SSSR count). The second kappa shape index (κ2) is 6.01. The van der Waals surface area contributed by atoms with Crippen LogP contribution in [0.2, 0.25) is 25.7 Å². The number of rotatable bonds is 5. The summed E-state index contributed by atoms with van der Waals surface area (Å²) >= 11 is 4.68. The van der Waals surface area contributed by atoms with Crippen molar-refractivity contribution in [2.24, 2.45) is 0 Å². The molecule has 1 aromatic rings. The first-order valence-electron chi connectivity index (χ1n) is 4.97. The van der Waals surface area contributed by atoms with E-state index < -0.39 is 8.07 Å². The Labute approximate surface area is 120 Å². The average molecular weight is 449 g/mol. The third-order valence-electron chi connectivity index (χ3n) is 2.02. The summed E-state index contributed by atoms with van der Waals surface area (Å²) in [5.41, 5.74) is 0. The van der Waals surface area contributed by atoms with Crippen LogP contribution >= 0.6 is 45.2 Å². The summed E-state index contributed by atoms with van der Waals surface area (Å²) in [7, 11) is -0.938. The van der Waals surface area contributed by atoms with E-state index in [2.05, 4.69) is 81.8 Å². The maximum absolute atomic E-state index is 5.66. The van der Waals surface area contributed by atoms with Gasteiger partial charge in [-0.05, 0) is 51.2 Å². The fourth-order valence-corrected chi connectivity index (χ4v) is 2.83. The molecule has 1 aromatic heterocycles. The van der Waals surface area contributed by atoms with E-state index in [4.69, 9.17) is 4.74 Å². The summed E-state index contributed by atoms with van der Waals surface area (Å²) in [6.07, 6.45) is 4.24. The number of ether oxygens (including phenoxy) is 1. The van der Waals surface area contributed by atoms with Crippen LogP contribution in [0.15, 0.2) is 12.4 Å². The topological polar surface area (TPSA) is 14.2 Å². The van der Waals surface area contributed by atoms with Gasteiger partial charge in [0.25, 0.3) is 0 Å². The van der Waals surface area contributed by atoms with E-state index in [0.29, 0.717) is 6.73 Å². The van der Waals surface area contributed by atoms with Crippen LogP contribution in [0.5, 0.6) is 0 Å². The molecule has 0 saturated carbocycles. The van der Waals surface area contributed by atoms with Gasteiger partial charge in [-0.25, -0.2) is 0 Å². The van der Waals surface area contributed by atoms with Crippen molar-refractivity contribution in [3.05, 3.63) is 19.5 Å². The fourth-order valence-electron chi connectivity index (χ4n) is 1.07. The van der Waals surface area contributed by atoms with E-state index >= 15 is 0 Å². The Morgan fingerprint density at radius 1 is 1.20 bits per heavy atom. The summed E-state index contributed by atoms with van der Waals surface area (Å²) in [5.74, 6) is 0. The Kier molecular flexibility index (Phi) is 5.61. The largest absolute Gasteiger partial charge is 0.361 e. The van der Waals surface area contributed by atoms with Crippen LogP contribution in [-0.2, 0) is 11.5 Å². The molecule has 1 heterocycles. The molecule has 0 amide bonds. The highest BCUT2D eigenvalue weighted by atomic mass is 127. The van der Waals surface area contributed by atoms with Crippen LogP contribution in [0.4, 0.5) is 0 Å². The Morgan fingerprint density at radius 2 is 1.73 bits per heavy atom. The average Bonchev–Trinajstić information content (AvgIpc) is 2.39. The van der Waals surface area contributed by atoms with E-state index in [9.17, 15) is 0 Å². The lowest BCUT2D eigenvalue weighted by atomic mass is 10.7. The second-order valence-electron chi connectivity index (χ2n) is 4.82. The second-order valence-corrected chi connectivity index (χ2v) is 12.8. The van der Waals surface area contributed by atoms with E-state index in [0.717, 1.165) is 6.61 Å². The van der Waals surface area contributed by atoms with E-state index in [1.165, 1.54) is 13.2 Å². The van der Waals surface area contributed by atoms with Gasteiger partial charge in [-0.2, -0.15) is 0 Å². The van der Waals surface area contributed by atoms with Crippen molar-refractivity contribution in [3.63, 3.8) is 0 Å². The quantitative estimate of drug-likeness (QED) is 0.377. The van der Waals surface area contributed by atoms with Crippen molar-refractivity contribution < 1.29 is 4.74 Å². The predicted molar refractivity (Wildman–Crippen MR) is 84.0 cm³/mol. The van der Waals surface area contributed by atoms with Crippen molar-refractivity contribution in [2.45, 2.75) is 32.4 Å². The molecule has 0 aliphatic carbocycles. The van der Waals surface area contributed by atoms with Gasteiger partial charge in [-0.3, -0.25) is 0 Å². The molecular weight excluding hydrogens is 432 g/mol. The zero-order valence-electron chi connectivity index (χ0n) is 9.39. The van der Waals surface area contributed by atoms with Crippen molar-refractivity contribution in [1.82, 2.24) is 4.57 Å². The van der Waals surface area contributed by atoms with E-state index in [-0.39, 0.29) is 0 Å². The van der Waals surface area contributed by atoms with Gasteiger partial charge in [-0.1, -0.05) is 19.6 Å². The third kappa shape index (κ3) is 5.69. The van der Waals surface area contributed by atoms with Crippen LogP contribution in [0.1, 0.15) is 0 Å². The first kappa shape index (κ1) is 14.0. The minimum Gasteiger partial charge on any atom is -0.361 e. The molecule has 0 unspecified atom stereocenters. The lowest BCUT2D eigenvalue weighted by molar-refractivity contribution is 0.0873. The fraction of sp³-hybridized carbons (Fsp3) is 0.600. The van der Waals surface area contributed by atoms with Gasteiger partial charge in [0.2, 0.25) is 0 Å². The molecule has 86 valence electrons. The number of nitrogens with zero attached hydrogens (tertiary/aromatic N) is 1. The molecule has 0 aromatic carbocycles. The van der Waals surface area contributed by atoms with Gasteiger partial charge < -0.3 is 9.30 Å². The van der Waals surface area contributed by atoms with Crippen LogP contribution in [0.3, 0.4) is 0 Å². The Morgan fingerprint density at radius 3 is 2.20 bits per heavy atom. The van der Waals surface area contributed by atoms with E-state index in [1.807, 2.05) is 0 Å². The molecule has 0 fully saturated rings. The minimum absolute atomic E-state index is 0.684. The molecule has 0 aliphatic rings. The Balaban J connectivity index is 2.26. The number of aromatic nitrogens is 1. The Hall–Kier alpha value is 0.917. The summed E-state index contributed by atoms with van der Waals surface area (Å²) in [4.78, 5) is 0. The van der Waals surface area contributed by atoms with Gasteiger partial charge in [0.1, 0.15) is 6.73 Å². The first-order chi connectivity index (χ1) is 6.88. The highest BCUT2D eigenvalue weighted by Gasteiger charge is 2.11. The molecule has 0 atom stereocenters. The van der Waals surface area contributed by atoms with Crippen LogP contribution in [0, 0.1) is 7.14 Å². The molecule has 2 nitrogen and oxygen atoms in total. The molecule has 5 heteroatoms.